The molecule has 3 rings (SSSR count). The van der Waals surface area contributed by atoms with Gasteiger partial charge in [0.05, 0.1) is 4.47 Å². The minimum atomic E-state index is 0.672. The van der Waals surface area contributed by atoms with Gasteiger partial charge in [0.1, 0.15) is 11.5 Å². The molecule has 1 aliphatic rings. The Morgan fingerprint density at radius 3 is 2.76 bits per heavy atom. The Balaban J connectivity index is 1.83. The number of hydrogen-bond donors (Lipinski definition) is 1. The lowest BCUT2D eigenvalue weighted by Crippen LogP contribution is -2.16. The quantitative estimate of drug-likeness (QED) is 0.864. The van der Waals surface area contributed by atoms with E-state index in [9.17, 15) is 0 Å². The number of halogens is 1. The van der Waals surface area contributed by atoms with Gasteiger partial charge in [0.2, 0.25) is 0 Å². The standard InChI is InChI=1S/C17H19BrN2O/c1-11-3-6-16(15(18)7-11)21-17-8-12(2)19-9-13(17)10-20-14-4-5-14/h3,6-9,14,20H,4-5,10H2,1-2H3. The van der Waals surface area contributed by atoms with Gasteiger partial charge in [0.25, 0.3) is 0 Å². The smallest absolute Gasteiger partial charge is 0.141 e. The number of nitrogens with zero attached hydrogens (tertiary/aromatic N) is 1. The third kappa shape index (κ3) is 3.83. The first-order valence-corrected chi connectivity index (χ1v) is 8.04. The number of benzene rings is 1. The van der Waals surface area contributed by atoms with Crippen molar-refractivity contribution in [3.63, 3.8) is 0 Å². The molecule has 3 nitrogen and oxygen atoms in total. The highest BCUT2D eigenvalue weighted by Gasteiger charge is 2.21. The fourth-order valence-electron chi connectivity index (χ4n) is 2.14. The molecule has 21 heavy (non-hydrogen) atoms. The molecule has 1 N–H and O–H groups in total. The van der Waals surface area contributed by atoms with Gasteiger partial charge >= 0.3 is 0 Å². The molecule has 110 valence electrons. The van der Waals surface area contributed by atoms with E-state index in [0.717, 1.165) is 33.8 Å². The molecule has 0 bridgehead atoms. The van der Waals surface area contributed by atoms with E-state index in [1.165, 1.54) is 18.4 Å². The topological polar surface area (TPSA) is 34.1 Å². The Morgan fingerprint density at radius 1 is 1.24 bits per heavy atom. The molecule has 0 aliphatic heterocycles. The van der Waals surface area contributed by atoms with Gasteiger partial charge in [-0.1, -0.05) is 6.07 Å². The van der Waals surface area contributed by atoms with Gasteiger partial charge in [-0.15, -0.1) is 0 Å². The zero-order chi connectivity index (χ0) is 14.8. The van der Waals surface area contributed by atoms with Crippen LogP contribution in [-0.2, 0) is 6.54 Å². The maximum atomic E-state index is 6.10. The lowest BCUT2D eigenvalue weighted by molar-refractivity contribution is 0.468. The maximum absolute atomic E-state index is 6.10. The molecule has 1 heterocycles. The van der Waals surface area contributed by atoms with Crippen LogP contribution in [0.25, 0.3) is 0 Å². The van der Waals surface area contributed by atoms with Crippen LogP contribution >= 0.6 is 15.9 Å². The SMILES string of the molecule is Cc1ccc(Oc2cc(C)ncc2CNC2CC2)c(Br)c1. The first kappa shape index (κ1) is 14.5. The van der Waals surface area contributed by atoms with E-state index in [2.05, 4.69) is 45.3 Å². The predicted octanol–water partition coefficient (Wildman–Crippen LogP) is 4.51. The van der Waals surface area contributed by atoms with Crippen molar-refractivity contribution in [2.75, 3.05) is 0 Å². The van der Waals surface area contributed by atoms with Crippen molar-refractivity contribution in [2.24, 2.45) is 0 Å². The number of hydrogen-bond acceptors (Lipinski definition) is 3. The molecule has 0 amide bonds. The number of ether oxygens (including phenoxy) is 1. The molecule has 1 aromatic carbocycles. The molecular formula is C17H19BrN2O. The number of rotatable bonds is 5. The van der Waals surface area contributed by atoms with Crippen molar-refractivity contribution < 1.29 is 4.74 Å². The monoisotopic (exact) mass is 346 g/mol. The normalized spacial score (nSPS) is 14.2. The van der Waals surface area contributed by atoms with Gasteiger partial charge in [-0.3, -0.25) is 4.98 Å². The van der Waals surface area contributed by atoms with Crippen molar-refractivity contribution in [3.8, 4) is 11.5 Å². The van der Waals surface area contributed by atoms with Crippen LogP contribution in [0.3, 0.4) is 0 Å². The van der Waals surface area contributed by atoms with Crippen LogP contribution in [0.1, 0.15) is 29.7 Å². The third-order valence-electron chi connectivity index (χ3n) is 3.55. The third-order valence-corrected chi connectivity index (χ3v) is 4.17. The first-order valence-electron chi connectivity index (χ1n) is 7.25. The van der Waals surface area contributed by atoms with E-state index in [-0.39, 0.29) is 0 Å². The Hall–Kier alpha value is -1.39. The fourth-order valence-corrected chi connectivity index (χ4v) is 2.71. The second-order valence-corrected chi connectivity index (χ2v) is 6.48. The molecule has 1 aromatic heterocycles. The molecule has 0 radical (unpaired) electrons. The first-order chi connectivity index (χ1) is 10.1. The fraction of sp³-hybridized carbons (Fsp3) is 0.353. The lowest BCUT2D eigenvalue weighted by atomic mass is 10.2. The van der Waals surface area contributed by atoms with Gasteiger partial charge in [0, 0.05) is 36.1 Å². The summed E-state index contributed by atoms with van der Waals surface area (Å²) in [6, 6.07) is 8.77. The summed E-state index contributed by atoms with van der Waals surface area (Å²) < 4.78 is 7.07. The van der Waals surface area contributed by atoms with Crippen molar-refractivity contribution in [2.45, 2.75) is 39.3 Å². The van der Waals surface area contributed by atoms with Gasteiger partial charge in [0.15, 0.2) is 0 Å². The van der Waals surface area contributed by atoms with Crippen LogP contribution in [0.2, 0.25) is 0 Å². The number of nitrogens with one attached hydrogen (secondary N) is 1. The highest BCUT2D eigenvalue weighted by molar-refractivity contribution is 9.10. The van der Waals surface area contributed by atoms with E-state index >= 15 is 0 Å². The van der Waals surface area contributed by atoms with Crippen LogP contribution in [-0.4, -0.2) is 11.0 Å². The number of aromatic nitrogens is 1. The summed E-state index contributed by atoms with van der Waals surface area (Å²) >= 11 is 3.56. The van der Waals surface area contributed by atoms with Gasteiger partial charge in [-0.2, -0.15) is 0 Å². The molecule has 1 aliphatic carbocycles. The summed E-state index contributed by atoms with van der Waals surface area (Å²) in [6.45, 7) is 4.85. The highest BCUT2D eigenvalue weighted by atomic mass is 79.9. The Morgan fingerprint density at radius 2 is 2.05 bits per heavy atom. The zero-order valence-electron chi connectivity index (χ0n) is 12.3. The van der Waals surface area contributed by atoms with Crippen LogP contribution in [0.4, 0.5) is 0 Å². The van der Waals surface area contributed by atoms with Crippen molar-refractivity contribution in [3.05, 3.63) is 51.8 Å². The van der Waals surface area contributed by atoms with Gasteiger partial charge in [-0.05, 0) is 60.3 Å². The Bertz CT molecular complexity index is 653. The van der Waals surface area contributed by atoms with Gasteiger partial charge < -0.3 is 10.1 Å². The molecule has 1 saturated carbocycles. The zero-order valence-corrected chi connectivity index (χ0v) is 13.9. The molecule has 0 spiro atoms. The number of pyridine rings is 1. The Kier molecular flexibility index (Phi) is 4.27. The van der Waals surface area contributed by atoms with Crippen molar-refractivity contribution in [1.82, 2.24) is 10.3 Å². The largest absolute Gasteiger partial charge is 0.456 e. The van der Waals surface area contributed by atoms with E-state index in [0.29, 0.717) is 6.04 Å². The number of aryl methyl sites for hydroxylation is 2. The minimum absolute atomic E-state index is 0.672. The molecule has 4 heteroatoms. The predicted molar refractivity (Wildman–Crippen MR) is 87.8 cm³/mol. The average Bonchev–Trinajstić information content (AvgIpc) is 3.25. The van der Waals surface area contributed by atoms with E-state index in [1.807, 2.05) is 25.3 Å². The van der Waals surface area contributed by atoms with Crippen LogP contribution in [0.15, 0.2) is 34.9 Å². The second-order valence-electron chi connectivity index (χ2n) is 5.62. The second kappa shape index (κ2) is 6.16. The van der Waals surface area contributed by atoms with Crippen molar-refractivity contribution >= 4 is 15.9 Å². The summed E-state index contributed by atoms with van der Waals surface area (Å²) in [6.07, 6.45) is 4.46. The highest BCUT2D eigenvalue weighted by Crippen LogP contribution is 2.32. The van der Waals surface area contributed by atoms with E-state index in [4.69, 9.17) is 4.74 Å². The molecule has 0 saturated heterocycles. The Labute approximate surface area is 133 Å². The molecular weight excluding hydrogens is 328 g/mol. The summed E-state index contributed by atoms with van der Waals surface area (Å²) in [5.74, 6) is 1.71. The summed E-state index contributed by atoms with van der Waals surface area (Å²) in [7, 11) is 0. The van der Waals surface area contributed by atoms with Crippen molar-refractivity contribution in [1.29, 1.82) is 0 Å². The summed E-state index contributed by atoms with van der Waals surface area (Å²) in [5, 5.41) is 3.51. The summed E-state index contributed by atoms with van der Waals surface area (Å²) in [4.78, 5) is 4.38. The molecule has 0 unspecified atom stereocenters. The van der Waals surface area contributed by atoms with Crippen LogP contribution in [0, 0.1) is 13.8 Å². The molecule has 0 atom stereocenters. The molecule has 1 fully saturated rings. The molecule has 2 aromatic rings. The van der Waals surface area contributed by atoms with Crippen LogP contribution < -0.4 is 10.1 Å². The van der Waals surface area contributed by atoms with Gasteiger partial charge in [-0.25, -0.2) is 0 Å². The van der Waals surface area contributed by atoms with E-state index < -0.39 is 0 Å². The van der Waals surface area contributed by atoms with E-state index in [1.54, 1.807) is 0 Å². The lowest BCUT2D eigenvalue weighted by Gasteiger charge is -2.13. The van der Waals surface area contributed by atoms with Crippen LogP contribution in [0.5, 0.6) is 11.5 Å². The summed E-state index contributed by atoms with van der Waals surface area (Å²) in [5.41, 5.74) is 3.26. The minimum Gasteiger partial charge on any atom is -0.456 e. The maximum Gasteiger partial charge on any atom is 0.141 e. The average molecular weight is 347 g/mol.